The molecule has 3 N–H and O–H groups in total. The number of carbonyl (C=O) groups is 2. The third kappa shape index (κ3) is 5.10. The molecule has 1 aliphatic heterocycles. The first-order valence-corrected chi connectivity index (χ1v) is 10.4. The third-order valence-electron chi connectivity index (χ3n) is 5.27. The van der Waals surface area contributed by atoms with Crippen LogP contribution >= 0.6 is 0 Å². The Bertz CT molecular complexity index is 1080. The predicted octanol–water partition coefficient (Wildman–Crippen LogP) is 4.25. The van der Waals surface area contributed by atoms with E-state index in [0.717, 1.165) is 30.9 Å². The summed E-state index contributed by atoms with van der Waals surface area (Å²) < 4.78 is 0. The van der Waals surface area contributed by atoms with Crippen LogP contribution in [-0.4, -0.2) is 36.9 Å². The summed E-state index contributed by atoms with van der Waals surface area (Å²) in [7, 11) is 2.08. The molecule has 0 bridgehead atoms. The smallest absolute Gasteiger partial charge is 0.257 e. The van der Waals surface area contributed by atoms with E-state index in [1.807, 2.05) is 42.5 Å². The summed E-state index contributed by atoms with van der Waals surface area (Å²) in [6.07, 6.45) is 0.855. The first-order chi connectivity index (χ1) is 15.1. The van der Waals surface area contributed by atoms with Crippen LogP contribution in [0.4, 0.5) is 17.1 Å². The molecular formula is C25H26N4O2. The van der Waals surface area contributed by atoms with E-state index < -0.39 is 0 Å². The van der Waals surface area contributed by atoms with Crippen molar-refractivity contribution < 1.29 is 9.59 Å². The number of anilines is 3. The molecule has 0 aromatic heterocycles. The lowest BCUT2D eigenvalue weighted by Crippen LogP contribution is -2.28. The van der Waals surface area contributed by atoms with Crippen LogP contribution in [0.5, 0.6) is 0 Å². The Morgan fingerprint density at radius 1 is 0.903 bits per heavy atom. The van der Waals surface area contributed by atoms with E-state index in [1.165, 1.54) is 5.56 Å². The number of nitrogens with zero attached hydrogens (tertiary/aromatic N) is 1. The molecule has 0 spiro atoms. The molecule has 0 atom stereocenters. The van der Waals surface area contributed by atoms with Gasteiger partial charge >= 0.3 is 0 Å². The fourth-order valence-electron chi connectivity index (χ4n) is 3.65. The highest BCUT2D eigenvalue weighted by atomic mass is 16.2. The lowest BCUT2D eigenvalue weighted by molar-refractivity contribution is 0.0950. The highest BCUT2D eigenvalue weighted by Crippen LogP contribution is 2.32. The van der Waals surface area contributed by atoms with Crippen LogP contribution in [0.3, 0.4) is 0 Å². The molecule has 3 aromatic carbocycles. The predicted molar refractivity (Wildman–Crippen MR) is 124 cm³/mol. The minimum absolute atomic E-state index is 0.149. The fourth-order valence-corrected chi connectivity index (χ4v) is 3.65. The molecule has 0 aliphatic carbocycles. The lowest BCUT2D eigenvalue weighted by atomic mass is 10.1. The van der Waals surface area contributed by atoms with Crippen LogP contribution in [0.25, 0.3) is 0 Å². The second-order valence-corrected chi connectivity index (χ2v) is 7.72. The quantitative estimate of drug-likeness (QED) is 0.506. The van der Waals surface area contributed by atoms with Crippen LogP contribution in [-0.2, 0) is 6.54 Å². The molecule has 3 aromatic rings. The molecule has 1 heterocycles. The number of nitrogens with one attached hydrogen (secondary N) is 3. The number of hydrogen-bond donors (Lipinski definition) is 3. The number of rotatable bonds is 7. The first-order valence-electron chi connectivity index (χ1n) is 10.4. The summed E-state index contributed by atoms with van der Waals surface area (Å²) in [6.45, 7) is 2.36. The van der Waals surface area contributed by atoms with E-state index in [2.05, 4.69) is 40.0 Å². The van der Waals surface area contributed by atoms with Crippen LogP contribution in [0.2, 0.25) is 0 Å². The molecule has 31 heavy (non-hydrogen) atoms. The maximum atomic E-state index is 12.6. The summed E-state index contributed by atoms with van der Waals surface area (Å²) in [5.41, 5.74) is 4.47. The molecule has 158 valence electrons. The van der Waals surface area contributed by atoms with Gasteiger partial charge in [0.2, 0.25) is 0 Å². The van der Waals surface area contributed by atoms with Gasteiger partial charge in [-0.25, -0.2) is 0 Å². The minimum atomic E-state index is -0.194. The number of benzene rings is 3. The SMILES string of the molecule is CN(CCCNC(=O)c1ccc2c(c1)NC(=O)c1ccccc1N2)Cc1ccccc1. The summed E-state index contributed by atoms with van der Waals surface area (Å²) in [5.74, 6) is -0.342. The van der Waals surface area contributed by atoms with Gasteiger partial charge in [-0.1, -0.05) is 42.5 Å². The minimum Gasteiger partial charge on any atom is -0.353 e. The van der Waals surface area contributed by atoms with Gasteiger partial charge in [-0.3, -0.25) is 9.59 Å². The normalized spacial score (nSPS) is 12.3. The number of para-hydroxylation sites is 1. The number of carbonyl (C=O) groups excluding carboxylic acids is 2. The number of amides is 2. The van der Waals surface area contributed by atoms with E-state index >= 15 is 0 Å². The zero-order chi connectivity index (χ0) is 21.6. The van der Waals surface area contributed by atoms with Crippen LogP contribution < -0.4 is 16.0 Å². The maximum absolute atomic E-state index is 12.6. The molecule has 0 radical (unpaired) electrons. The molecule has 0 saturated carbocycles. The average Bonchev–Trinajstić information content (AvgIpc) is 2.92. The Kier molecular flexibility index (Phi) is 6.29. The van der Waals surface area contributed by atoms with Crippen molar-refractivity contribution in [3.05, 3.63) is 89.5 Å². The summed E-state index contributed by atoms with van der Waals surface area (Å²) in [6, 6.07) is 23.0. The van der Waals surface area contributed by atoms with Gasteiger partial charge in [0.25, 0.3) is 11.8 Å². The van der Waals surface area contributed by atoms with Gasteiger partial charge in [0.1, 0.15) is 0 Å². The van der Waals surface area contributed by atoms with E-state index in [-0.39, 0.29) is 11.8 Å². The highest BCUT2D eigenvalue weighted by Gasteiger charge is 2.19. The molecular weight excluding hydrogens is 388 g/mol. The maximum Gasteiger partial charge on any atom is 0.257 e. The highest BCUT2D eigenvalue weighted by molar-refractivity contribution is 6.12. The Morgan fingerprint density at radius 2 is 1.68 bits per heavy atom. The van der Waals surface area contributed by atoms with Crippen molar-refractivity contribution in [2.45, 2.75) is 13.0 Å². The van der Waals surface area contributed by atoms with Gasteiger partial charge < -0.3 is 20.9 Å². The average molecular weight is 415 g/mol. The van der Waals surface area contributed by atoms with Gasteiger partial charge in [-0.2, -0.15) is 0 Å². The summed E-state index contributed by atoms with van der Waals surface area (Å²) >= 11 is 0. The fraction of sp³-hybridized carbons (Fsp3) is 0.200. The van der Waals surface area contributed by atoms with E-state index in [0.29, 0.717) is 23.4 Å². The Morgan fingerprint density at radius 3 is 2.52 bits per heavy atom. The Labute approximate surface area is 182 Å². The van der Waals surface area contributed by atoms with Gasteiger partial charge in [-0.05, 0) is 55.9 Å². The summed E-state index contributed by atoms with van der Waals surface area (Å²) in [4.78, 5) is 27.3. The standard InChI is InChI=1S/C25H26N4O2/c1-29(17-18-8-3-2-4-9-18)15-7-14-26-24(30)19-12-13-22-23(16-19)28-25(31)20-10-5-6-11-21(20)27-22/h2-6,8-13,16,27H,7,14-15,17H2,1H3,(H,26,30)(H,28,31). The molecule has 0 fully saturated rings. The van der Waals surface area contributed by atoms with E-state index in [4.69, 9.17) is 0 Å². The molecule has 0 unspecified atom stereocenters. The second-order valence-electron chi connectivity index (χ2n) is 7.72. The molecule has 0 saturated heterocycles. The van der Waals surface area contributed by atoms with E-state index in [9.17, 15) is 9.59 Å². The van der Waals surface area contributed by atoms with E-state index in [1.54, 1.807) is 18.2 Å². The van der Waals surface area contributed by atoms with Crippen molar-refractivity contribution in [3.8, 4) is 0 Å². The van der Waals surface area contributed by atoms with Crippen LogP contribution in [0, 0.1) is 0 Å². The van der Waals surface area contributed by atoms with Crippen molar-refractivity contribution in [2.75, 3.05) is 30.8 Å². The summed E-state index contributed by atoms with van der Waals surface area (Å²) in [5, 5.41) is 9.12. The Balaban J connectivity index is 1.31. The lowest BCUT2D eigenvalue weighted by Gasteiger charge is -2.17. The Hall–Kier alpha value is -3.64. The van der Waals surface area contributed by atoms with Crippen molar-refractivity contribution in [1.29, 1.82) is 0 Å². The van der Waals surface area contributed by atoms with Gasteiger partial charge in [0.15, 0.2) is 0 Å². The van der Waals surface area contributed by atoms with Crippen molar-refractivity contribution in [1.82, 2.24) is 10.2 Å². The topological polar surface area (TPSA) is 73.5 Å². The molecule has 1 aliphatic rings. The number of hydrogen-bond acceptors (Lipinski definition) is 4. The van der Waals surface area contributed by atoms with Gasteiger partial charge in [-0.15, -0.1) is 0 Å². The monoisotopic (exact) mass is 414 g/mol. The zero-order valence-electron chi connectivity index (χ0n) is 17.5. The van der Waals surface area contributed by atoms with Gasteiger partial charge in [0, 0.05) is 18.7 Å². The first kappa shape index (κ1) is 20.6. The van der Waals surface area contributed by atoms with Crippen molar-refractivity contribution >= 4 is 28.9 Å². The van der Waals surface area contributed by atoms with Crippen LogP contribution in [0.15, 0.2) is 72.8 Å². The van der Waals surface area contributed by atoms with Crippen LogP contribution in [0.1, 0.15) is 32.7 Å². The van der Waals surface area contributed by atoms with Crippen molar-refractivity contribution in [2.24, 2.45) is 0 Å². The molecule has 6 nitrogen and oxygen atoms in total. The van der Waals surface area contributed by atoms with Gasteiger partial charge in [0.05, 0.1) is 22.6 Å². The zero-order valence-corrected chi connectivity index (χ0v) is 17.5. The second kappa shape index (κ2) is 9.45. The third-order valence-corrected chi connectivity index (χ3v) is 5.27. The molecule has 4 rings (SSSR count). The van der Waals surface area contributed by atoms with Crippen molar-refractivity contribution in [3.63, 3.8) is 0 Å². The molecule has 6 heteroatoms. The number of fused-ring (bicyclic) bond motifs is 2. The molecule has 2 amide bonds. The largest absolute Gasteiger partial charge is 0.353 e.